The number of urea groups is 1. The van der Waals surface area contributed by atoms with Gasteiger partial charge in [-0.2, -0.15) is 4.80 Å². The number of tetrazole rings is 1. The van der Waals surface area contributed by atoms with Crippen molar-refractivity contribution in [1.29, 1.82) is 0 Å². The van der Waals surface area contributed by atoms with Crippen LogP contribution in [0.2, 0.25) is 5.02 Å². The molecular formula is C13H15ClN6O. The van der Waals surface area contributed by atoms with Gasteiger partial charge >= 0.3 is 6.03 Å². The summed E-state index contributed by atoms with van der Waals surface area (Å²) in [7, 11) is 0. The van der Waals surface area contributed by atoms with Gasteiger partial charge in [0, 0.05) is 11.6 Å². The molecule has 0 unspecified atom stereocenters. The number of aromatic nitrogens is 4. The maximum atomic E-state index is 12.3. The monoisotopic (exact) mass is 306 g/mol. The molecule has 0 saturated heterocycles. The van der Waals surface area contributed by atoms with Crippen molar-refractivity contribution in [3.8, 4) is 0 Å². The Morgan fingerprint density at radius 1 is 1.43 bits per heavy atom. The van der Waals surface area contributed by atoms with Crippen molar-refractivity contribution in [3.05, 3.63) is 28.8 Å². The number of rotatable bonds is 2. The zero-order chi connectivity index (χ0) is 15.0. The second kappa shape index (κ2) is 5.33. The first-order valence-electron chi connectivity index (χ1n) is 6.71. The van der Waals surface area contributed by atoms with Crippen molar-refractivity contribution in [1.82, 2.24) is 20.2 Å². The summed E-state index contributed by atoms with van der Waals surface area (Å²) in [6.07, 6.45) is 0.745. The molecule has 2 aromatic rings. The lowest BCUT2D eigenvalue weighted by Gasteiger charge is -2.16. The van der Waals surface area contributed by atoms with Gasteiger partial charge < -0.3 is 0 Å². The molecule has 0 aliphatic carbocycles. The number of nitrogens with zero attached hydrogens (tertiary/aromatic N) is 5. The van der Waals surface area contributed by atoms with Crippen molar-refractivity contribution < 1.29 is 4.79 Å². The van der Waals surface area contributed by atoms with Gasteiger partial charge in [-0.15, -0.1) is 5.10 Å². The van der Waals surface area contributed by atoms with Crippen molar-refractivity contribution in [2.45, 2.75) is 26.3 Å². The minimum Gasteiger partial charge on any atom is -0.293 e. The van der Waals surface area contributed by atoms with Crippen LogP contribution in [0.15, 0.2) is 18.2 Å². The van der Waals surface area contributed by atoms with E-state index in [0.29, 0.717) is 11.6 Å². The molecule has 0 bridgehead atoms. The fraction of sp³-hybridized carbons (Fsp3) is 0.385. The van der Waals surface area contributed by atoms with E-state index >= 15 is 0 Å². The van der Waals surface area contributed by atoms with Gasteiger partial charge in [0.25, 0.3) is 5.95 Å². The highest BCUT2D eigenvalue weighted by Gasteiger charge is 2.26. The van der Waals surface area contributed by atoms with E-state index in [1.165, 1.54) is 4.80 Å². The average Bonchev–Trinajstić information content (AvgIpc) is 3.05. The summed E-state index contributed by atoms with van der Waals surface area (Å²) in [5.41, 5.74) is 1.82. The summed E-state index contributed by atoms with van der Waals surface area (Å²) in [5.74, 6) is 0.198. The maximum Gasteiger partial charge on any atom is 0.328 e. The number of benzene rings is 1. The van der Waals surface area contributed by atoms with Gasteiger partial charge in [-0.05, 0) is 43.2 Å². The lowest BCUT2D eigenvalue weighted by molar-refractivity contribution is 0.257. The number of carbonyl (C=O) groups excluding carboxylic acids is 1. The molecule has 3 rings (SSSR count). The third kappa shape index (κ3) is 2.56. The molecule has 0 spiro atoms. The highest BCUT2D eigenvalue weighted by atomic mass is 35.5. The van der Waals surface area contributed by atoms with Crippen LogP contribution < -0.4 is 10.2 Å². The quantitative estimate of drug-likeness (QED) is 0.925. The van der Waals surface area contributed by atoms with Crippen molar-refractivity contribution in [2.24, 2.45) is 0 Å². The molecule has 8 heteroatoms. The van der Waals surface area contributed by atoms with Crippen molar-refractivity contribution >= 4 is 29.3 Å². The molecule has 2 amide bonds. The summed E-state index contributed by atoms with van der Waals surface area (Å²) in [5, 5.41) is 15.1. The molecule has 1 aliphatic rings. The van der Waals surface area contributed by atoms with E-state index in [9.17, 15) is 4.79 Å². The number of nitrogens with one attached hydrogen (secondary N) is 1. The Morgan fingerprint density at radius 3 is 2.95 bits per heavy atom. The molecule has 2 heterocycles. The van der Waals surface area contributed by atoms with Crippen LogP contribution in [-0.2, 0) is 6.42 Å². The Hall–Kier alpha value is -2.15. The first-order chi connectivity index (χ1) is 10.1. The highest BCUT2D eigenvalue weighted by Crippen LogP contribution is 2.33. The number of carbonyl (C=O) groups is 1. The average molecular weight is 307 g/mol. The Bertz CT molecular complexity index is 683. The van der Waals surface area contributed by atoms with Crippen LogP contribution in [0.3, 0.4) is 0 Å². The van der Waals surface area contributed by atoms with Crippen molar-refractivity contribution in [2.75, 3.05) is 16.8 Å². The molecule has 0 atom stereocenters. The number of amides is 2. The predicted molar refractivity (Wildman–Crippen MR) is 79.7 cm³/mol. The van der Waals surface area contributed by atoms with E-state index < -0.39 is 0 Å². The van der Waals surface area contributed by atoms with Crippen LogP contribution >= 0.6 is 11.6 Å². The molecular weight excluding hydrogens is 292 g/mol. The fourth-order valence-electron chi connectivity index (χ4n) is 2.26. The largest absolute Gasteiger partial charge is 0.328 e. The predicted octanol–water partition coefficient (Wildman–Crippen LogP) is 2.50. The Morgan fingerprint density at radius 2 is 2.24 bits per heavy atom. The van der Waals surface area contributed by atoms with Crippen LogP contribution in [0.5, 0.6) is 0 Å². The van der Waals surface area contributed by atoms with Crippen LogP contribution in [0, 0.1) is 0 Å². The SMILES string of the molecule is CC(C)n1nnc(NC(=O)N2CCc3c(Cl)cccc32)n1. The molecule has 7 nitrogen and oxygen atoms in total. The van der Waals surface area contributed by atoms with E-state index in [2.05, 4.69) is 20.7 Å². The minimum absolute atomic E-state index is 0.0921. The molecule has 1 aliphatic heterocycles. The second-order valence-corrected chi connectivity index (χ2v) is 5.50. The van der Waals surface area contributed by atoms with Crippen LogP contribution in [0.4, 0.5) is 16.4 Å². The number of hydrogen-bond donors (Lipinski definition) is 1. The van der Waals surface area contributed by atoms with Gasteiger partial charge in [0.2, 0.25) is 0 Å². The Labute approximate surface area is 126 Å². The molecule has 0 fully saturated rings. The minimum atomic E-state index is -0.278. The summed E-state index contributed by atoms with van der Waals surface area (Å²) in [6, 6.07) is 5.36. The number of fused-ring (bicyclic) bond motifs is 1. The first kappa shape index (κ1) is 13.8. The smallest absolute Gasteiger partial charge is 0.293 e. The molecule has 0 radical (unpaired) electrons. The molecule has 1 N–H and O–H groups in total. The van der Waals surface area contributed by atoms with Gasteiger partial charge in [0.15, 0.2) is 0 Å². The van der Waals surface area contributed by atoms with Gasteiger partial charge in [0.1, 0.15) is 0 Å². The third-order valence-corrected chi connectivity index (χ3v) is 3.68. The van der Waals surface area contributed by atoms with Crippen LogP contribution in [0.1, 0.15) is 25.5 Å². The molecule has 21 heavy (non-hydrogen) atoms. The van der Waals surface area contributed by atoms with Crippen LogP contribution in [-0.4, -0.2) is 32.8 Å². The fourth-order valence-corrected chi connectivity index (χ4v) is 2.52. The summed E-state index contributed by atoms with van der Waals surface area (Å²) >= 11 is 6.14. The van der Waals surface area contributed by atoms with E-state index in [-0.39, 0.29) is 18.0 Å². The normalized spacial score (nSPS) is 13.6. The number of anilines is 2. The topological polar surface area (TPSA) is 75.9 Å². The molecule has 1 aromatic carbocycles. The number of halogens is 1. The van der Waals surface area contributed by atoms with E-state index in [0.717, 1.165) is 17.7 Å². The number of hydrogen-bond acceptors (Lipinski definition) is 4. The van der Waals surface area contributed by atoms with Crippen molar-refractivity contribution in [3.63, 3.8) is 0 Å². The summed E-state index contributed by atoms with van der Waals surface area (Å²) in [4.78, 5) is 15.4. The maximum absolute atomic E-state index is 12.3. The zero-order valence-corrected chi connectivity index (χ0v) is 12.5. The molecule has 1 aromatic heterocycles. The molecule has 0 saturated carbocycles. The van der Waals surface area contributed by atoms with E-state index in [4.69, 9.17) is 11.6 Å². The summed E-state index contributed by atoms with van der Waals surface area (Å²) < 4.78 is 0. The highest BCUT2D eigenvalue weighted by molar-refractivity contribution is 6.32. The van der Waals surface area contributed by atoms with E-state index in [1.54, 1.807) is 4.90 Å². The van der Waals surface area contributed by atoms with Gasteiger partial charge in [-0.1, -0.05) is 22.8 Å². The Kier molecular flexibility index (Phi) is 3.50. The van der Waals surface area contributed by atoms with Gasteiger partial charge in [-0.25, -0.2) is 4.79 Å². The third-order valence-electron chi connectivity index (χ3n) is 3.32. The van der Waals surface area contributed by atoms with Gasteiger partial charge in [0.05, 0.1) is 11.7 Å². The zero-order valence-electron chi connectivity index (χ0n) is 11.7. The lowest BCUT2D eigenvalue weighted by Crippen LogP contribution is -2.33. The standard InChI is InChI=1S/C13H15ClN6O/c1-8(2)20-17-12(16-18-20)15-13(21)19-7-6-9-10(14)4-3-5-11(9)19/h3-5,8H,6-7H2,1-2H3,(H,15,17,21). The Balaban J connectivity index is 1.77. The lowest BCUT2D eigenvalue weighted by atomic mass is 10.2. The first-order valence-corrected chi connectivity index (χ1v) is 7.09. The second-order valence-electron chi connectivity index (χ2n) is 5.10. The molecule has 110 valence electrons. The van der Waals surface area contributed by atoms with E-state index in [1.807, 2.05) is 32.0 Å². The van der Waals surface area contributed by atoms with Gasteiger partial charge in [-0.3, -0.25) is 10.2 Å². The summed E-state index contributed by atoms with van der Waals surface area (Å²) in [6.45, 7) is 4.46. The van der Waals surface area contributed by atoms with Crippen LogP contribution in [0.25, 0.3) is 0 Å².